The second kappa shape index (κ2) is 7.88. The quantitative estimate of drug-likeness (QED) is 0.509. The highest BCUT2D eigenvalue weighted by Gasteiger charge is 2.34. The molecule has 0 spiro atoms. The number of alkyl halides is 3. The molecule has 2 aromatic heterocycles. The van der Waals surface area contributed by atoms with Crippen molar-refractivity contribution >= 4 is 17.4 Å². The summed E-state index contributed by atoms with van der Waals surface area (Å²) in [5.41, 5.74) is -0.0634. The smallest absolute Gasteiger partial charge is 0.398 e. The maximum Gasteiger partial charge on any atom is 0.573 e. The molecule has 0 saturated carbocycles. The van der Waals surface area contributed by atoms with Gasteiger partial charge in [-0.05, 0) is 24.3 Å². The Morgan fingerprint density at radius 2 is 1.93 bits per heavy atom. The monoisotopic (exact) mass is 405 g/mol. The van der Waals surface area contributed by atoms with Crippen LogP contribution in [0.15, 0.2) is 55.1 Å². The Labute approximate surface area is 160 Å². The van der Waals surface area contributed by atoms with Crippen molar-refractivity contribution in [2.45, 2.75) is 6.36 Å². The SMILES string of the molecule is O=C(Nc1cnc(-c2cccnc2)cn1)c1ccc(OC(F)(F)F)c([N+](=O)[O-])c1. The lowest BCUT2D eigenvalue weighted by molar-refractivity contribution is -0.388. The number of carbonyl (C=O) groups excluding carboxylic acids is 1. The summed E-state index contributed by atoms with van der Waals surface area (Å²) in [6.07, 6.45) is 0.701. The van der Waals surface area contributed by atoms with E-state index in [2.05, 4.69) is 25.0 Å². The lowest BCUT2D eigenvalue weighted by Gasteiger charge is -2.10. The zero-order valence-corrected chi connectivity index (χ0v) is 14.3. The van der Waals surface area contributed by atoms with Gasteiger partial charge < -0.3 is 10.1 Å². The number of hydrogen-bond donors (Lipinski definition) is 1. The molecule has 0 aliphatic rings. The molecule has 29 heavy (non-hydrogen) atoms. The number of halogens is 3. The van der Waals surface area contributed by atoms with Gasteiger partial charge in [0, 0.05) is 29.6 Å². The van der Waals surface area contributed by atoms with E-state index < -0.39 is 28.6 Å². The van der Waals surface area contributed by atoms with E-state index in [1.807, 2.05) is 0 Å². The first-order chi connectivity index (χ1) is 13.7. The van der Waals surface area contributed by atoms with Gasteiger partial charge in [0.15, 0.2) is 5.82 Å². The van der Waals surface area contributed by atoms with Gasteiger partial charge in [-0.25, -0.2) is 4.98 Å². The number of rotatable bonds is 5. The van der Waals surface area contributed by atoms with E-state index >= 15 is 0 Å². The molecule has 3 aromatic rings. The summed E-state index contributed by atoms with van der Waals surface area (Å²) < 4.78 is 40.6. The van der Waals surface area contributed by atoms with Gasteiger partial charge >= 0.3 is 12.0 Å². The van der Waals surface area contributed by atoms with Crippen molar-refractivity contribution in [3.63, 3.8) is 0 Å². The van der Waals surface area contributed by atoms with Crippen molar-refractivity contribution in [2.75, 3.05) is 5.32 Å². The molecule has 1 amide bonds. The fourth-order valence-electron chi connectivity index (χ4n) is 2.26. The van der Waals surface area contributed by atoms with Crippen molar-refractivity contribution in [1.82, 2.24) is 15.0 Å². The molecule has 3 rings (SSSR count). The number of nitro benzene ring substituents is 1. The van der Waals surface area contributed by atoms with E-state index in [-0.39, 0.29) is 11.4 Å². The van der Waals surface area contributed by atoms with E-state index in [0.717, 1.165) is 6.07 Å². The molecule has 0 radical (unpaired) electrons. The highest BCUT2D eigenvalue weighted by Crippen LogP contribution is 2.32. The average molecular weight is 405 g/mol. The van der Waals surface area contributed by atoms with Crippen LogP contribution >= 0.6 is 0 Å². The van der Waals surface area contributed by atoms with Crippen LogP contribution in [0.4, 0.5) is 24.7 Å². The Hall–Kier alpha value is -4.09. The standard InChI is InChI=1S/C17H10F3N5O4/c18-17(19,20)29-14-4-3-10(6-13(14)25(27)28)16(26)24-15-9-22-12(8-23-15)11-2-1-5-21-7-11/h1-9H,(H,23,24,26). The zero-order valence-electron chi connectivity index (χ0n) is 14.3. The third kappa shape index (κ3) is 5.00. The van der Waals surface area contributed by atoms with Gasteiger partial charge in [-0.3, -0.25) is 24.9 Å². The van der Waals surface area contributed by atoms with Crippen molar-refractivity contribution in [2.24, 2.45) is 0 Å². The predicted molar refractivity (Wildman–Crippen MR) is 93.0 cm³/mol. The molecule has 0 aliphatic heterocycles. The van der Waals surface area contributed by atoms with Crippen LogP contribution < -0.4 is 10.1 Å². The van der Waals surface area contributed by atoms with Crippen LogP contribution in [0.25, 0.3) is 11.3 Å². The summed E-state index contributed by atoms with van der Waals surface area (Å²) in [6.45, 7) is 0. The second-order valence-corrected chi connectivity index (χ2v) is 5.47. The number of benzene rings is 1. The molecular formula is C17H10F3N5O4. The van der Waals surface area contributed by atoms with Crippen LogP contribution in [0, 0.1) is 10.1 Å². The molecule has 0 aliphatic carbocycles. The van der Waals surface area contributed by atoms with Gasteiger partial charge in [0.2, 0.25) is 5.75 Å². The minimum absolute atomic E-state index is 0.0425. The molecule has 9 nitrogen and oxygen atoms in total. The van der Waals surface area contributed by atoms with Crippen molar-refractivity contribution in [3.05, 3.63) is 70.8 Å². The van der Waals surface area contributed by atoms with Crippen LogP contribution in [-0.2, 0) is 0 Å². The number of nitro groups is 1. The summed E-state index contributed by atoms with van der Waals surface area (Å²) in [5.74, 6) is -1.81. The Morgan fingerprint density at radius 3 is 2.52 bits per heavy atom. The summed E-state index contributed by atoms with van der Waals surface area (Å²) in [4.78, 5) is 34.3. The average Bonchev–Trinajstić information content (AvgIpc) is 2.68. The first kappa shape index (κ1) is 19.7. The van der Waals surface area contributed by atoms with E-state index in [0.29, 0.717) is 23.4 Å². The van der Waals surface area contributed by atoms with Crippen molar-refractivity contribution in [1.29, 1.82) is 0 Å². The number of carbonyl (C=O) groups is 1. The van der Waals surface area contributed by atoms with Crippen LogP contribution in [0.1, 0.15) is 10.4 Å². The molecule has 0 fully saturated rings. The van der Waals surface area contributed by atoms with Crippen LogP contribution in [0.5, 0.6) is 5.75 Å². The van der Waals surface area contributed by atoms with E-state index in [9.17, 15) is 28.1 Å². The molecular weight excluding hydrogens is 395 g/mol. The Bertz CT molecular complexity index is 1040. The number of anilines is 1. The molecule has 0 unspecified atom stereocenters. The molecule has 0 atom stereocenters. The number of ether oxygens (including phenoxy) is 1. The molecule has 1 N–H and O–H groups in total. The Morgan fingerprint density at radius 1 is 1.14 bits per heavy atom. The molecule has 0 bridgehead atoms. The first-order valence-corrected chi connectivity index (χ1v) is 7.81. The van der Waals surface area contributed by atoms with Crippen LogP contribution in [0.2, 0.25) is 0 Å². The third-order valence-electron chi connectivity index (χ3n) is 3.49. The Balaban J connectivity index is 1.78. The summed E-state index contributed by atoms with van der Waals surface area (Å²) in [5, 5.41) is 13.4. The number of nitrogens with one attached hydrogen (secondary N) is 1. The van der Waals surface area contributed by atoms with E-state index in [1.165, 1.54) is 12.4 Å². The minimum Gasteiger partial charge on any atom is -0.398 e. The molecule has 2 heterocycles. The van der Waals surface area contributed by atoms with Crippen LogP contribution in [0.3, 0.4) is 0 Å². The second-order valence-electron chi connectivity index (χ2n) is 5.47. The number of amides is 1. The highest BCUT2D eigenvalue weighted by molar-refractivity contribution is 6.04. The van der Waals surface area contributed by atoms with E-state index in [1.54, 1.807) is 24.5 Å². The number of aromatic nitrogens is 3. The normalized spacial score (nSPS) is 11.0. The summed E-state index contributed by atoms with van der Waals surface area (Å²) in [7, 11) is 0. The zero-order chi connectivity index (χ0) is 21.0. The van der Waals surface area contributed by atoms with Gasteiger partial charge in [0.05, 0.1) is 23.0 Å². The maximum absolute atomic E-state index is 12.3. The number of nitrogens with zero attached hydrogens (tertiary/aromatic N) is 4. The lowest BCUT2D eigenvalue weighted by atomic mass is 10.1. The predicted octanol–water partition coefficient (Wildman–Crippen LogP) is 3.60. The van der Waals surface area contributed by atoms with Gasteiger partial charge in [-0.15, -0.1) is 13.2 Å². The molecule has 12 heteroatoms. The third-order valence-corrected chi connectivity index (χ3v) is 3.49. The minimum atomic E-state index is -5.11. The van der Waals surface area contributed by atoms with Gasteiger partial charge in [-0.2, -0.15) is 0 Å². The Kier molecular flexibility index (Phi) is 5.34. The van der Waals surface area contributed by atoms with Gasteiger partial charge in [0.1, 0.15) is 0 Å². The number of hydrogen-bond acceptors (Lipinski definition) is 7. The molecule has 148 valence electrons. The van der Waals surface area contributed by atoms with Crippen molar-refractivity contribution in [3.8, 4) is 17.0 Å². The fourth-order valence-corrected chi connectivity index (χ4v) is 2.26. The van der Waals surface area contributed by atoms with Crippen LogP contribution in [-0.4, -0.2) is 32.1 Å². The van der Waals surface area contributed by atoms with E-state index in [4.69, 9.17) is 0 Å². The topological polar surface area (TPSA) is 120 Å². The lowest BCUT2D eigenvalue weighted by Crippen LogP contribution is -2.18. The fraction of sp³-hybridized carbons (Fsp3) is 0.0588. The highest BCUT2D eigenvalue weighted by atomic mass is 19.4. The summed E-state index contributed by atoms with van der Waals surface area (Å²) >= 11 is 0. The summed E-state index contributed by atoms with van der Waals surface area (Å²) in [6, 6.07) is 5.80. The largest absolute Gasteiger partial charge is 0.573 e. The number of pyridine rings is 1. The van der Waals surface area contributed by atoms with Crippen molar-refractivity contribution < 1.29 is 27.6 Å². The van der Waals surface area contributed by atoms with Gasteiger partial charge in [0.25, 0.3) is 5.91 Å². The first-order valence-electron chi connectivity index (χ1n) is 7.81. The molecule has 1 aromatic carbocycles. The molecule has 0 saturated heterocycles. The van der Waals surface area contributed by atoms with Gasteiger partial charge in [-0.1, -0.05) is 0 Å². The maximum atomic E-state index is 12.3.